The van der Waals surface area contributed by atoms with E-state index in [4.69, 9.17) is 4.74 Å². The fourth-order valence-electron chi connectivity index (χ4n) is 3.39. The molecule has 3 rings (SSSR count). The highest BCUT2D eigenvalue weighted by atomic mass is 16.5. The minimum absolute atomic E-state index is 0.0320. The van der Waals surface area contributed by atoms with Gasteiger partial charge in [-0.15, -0.1) is 0 Å². The molecule has 0 bridgehead atoms. The van der Waals surface area contributed by atoms with E-state index in [0.29, 0.717) is 12.1 Å². The van der Waals surface area contributed by atoms with Crippen molar-refractivity contribution >= 4 is 11.9 Å². The molecule has 0 unspecified atom stereocenters. The molecule has 6 nitrogen and oxygen atoms in total. The van der Waals surface area contributed by atoms with E-state index in [1.54, 1.807) is 0 Å². The van der Waals surface area contributed by atoms with E-state index in [2.05, 4.69) is 20.5 Å². The highest BCUT2D eigenvalue weighted by molar-refractivity contribution is 5.94. The van der Waals surface area contributed by atoms with Gasteiger partial charge in [0, 0.05) is 51.6 Å². The van der Waals surface area contributed by atoms with Gasteiger partial charge >= 0.3 is 0 Å². The summed E-state index contributed by atoms with van der Waals surface area (Å²) in [4.78, 5) is 18.7. The van der Waals surface area contributed by atoms with E-state index in [0.717, 1.165) is 50.6 Å². The third-order valence-electron chi connectivity index (χ3n) is 4.96. The van der Waals surface area contributed by atoms with Crippen LogP contribution in [0.2, 0.25) is 0 Å². The molecule has 0 radical (unpaired) electrons. The molecule has 0 aliphatic carbocycles. The predicted molar refractivity (Wildman–Crippen MR) is 116 cm³/mol. The lowest BCUT2D eigenvalue weighted by atomic mass is 10.1. The van der Waals surface area contributed by atoms with Crippen molar-refractivity contribution in [2.45, 2.75) is 25.4 Å². The lowest BCUT2D eigenvalue weighted by Crippen LogP contribution is -2.47. The van der Waals surface area contributed by atoms with E-state index >= 15 is 0 Å². The maximum atomic E-state index is 12.0. The number of likely N-dealkylation sites (tertiary alicyclic amines) is 1. The van der Waals surface area contributed by atoms with Gasteiger partial charge in [0.25, 0.3) is 5.91 Å². The number of nitrogens with zero attached hydrogens (tertiary/aromatic N) is 2. The first-order chi connectivity index (χ1) is 14.3. The van der Waals surface area contributed by atoms with Crippen LogP contribution in [0, 0.1) is 0 Å². The van der Waals surface area contributed by atoms with Gasteiger partial charge in [-0.3, -0.25) is 9.79 Å². The van der Waals surface area contributed by atoms with Crippen LogP contribution >= 0.6 is 0 Å². The molecule has 1 heterocycles. The molecular weight excluding hydrogens is 364 g/mol. The molecule has 0 saturated carbocycles. The van der Waals surface area contributed by atoms with Gasteiger partial charge in [-0.1, -0.05) is 36.4 Å². The minimum Gasteiger partial charge on any atom is -0.490 e. The Balaban J connectivity index is 1.33. The van der Waals surface area contributed by atoms with Crippen molar-refractivity contribution in [1.29, 1.82) is 0 Å². The van der Waals surface area contributed by atoms with Crippen LogP contribution in [-0.2, 0) is 0 Å². The van der Waals surface area contributed by atoms with Gasteiger partial charge in [0.05, 0.1) is 0 Å². The van der Waals surface area contributed by atoms with Gasteiger partial charge < -0.3 is 20.3 Å². The van der Waals surface area contributed by atoms with Crippen LogP contribution in [-0.4, -0.2) is 56.1 Å². The summed E-state index contributed by atoms with van der Waals surface area (Å²) in [6.45, 7) is 3.23. The summed E-state index contributed by atoms with van der Waals surface area (Å²) in [5, 5.41) is 6.35. The van der Waals surface area contributed by atoms with E-state index in [1.807, 2.05) is 67.7 Å². The zero-order chi connectivity index (χ0) is 20.3. The maximum absolute atomic E-state index is 12.0. The molecule has 154 valence electrons. The number of carbonyl (C=O) groups excluding carboxylic acids is 1. The van der Waals surface area contributed by atoms with Crippen LogP contribution in [0.4, 0.5) is 0 Å². The van der Waals surface area contributed by atoms with Gasteiger partial charge in [-0.25, -0.2) is 0 Å². The molecule has 1 fully saturated rings. The van der Waals surface area contributed by atoms with Crippen molar-refractivity contribution in [3.05, 3.63) is 66.2 Å². The van der Waals surface area contributed by atoms with Crippen molar-refractivity contribution in [1.82, 2.24) is 15.5 Å². The molecular formula is C23H30N4O2. The topological polar surface area (TPSA) is 66.0 Å². The molecule has 2 N–H and O–H groups in total. The maximum Gasteiger partial charge on any atom is 0.251 e. The Labute approximate surface area is 173 Å². The predicted octanol–water partition coefficient (Wildman–Crippen LogP) is 2.93. The molecule has 6 heteroatoms. The Morgan fingerprint density at radius 3 is 2.28 bits per heavy atom. The normalized spacial score (nSPS) is 15.1. The average molecular weight is 395 g/mol. The molecule has 1 aliphatic rings. The van der Waals surface area contributed by atoms with E-state index in [1.165, 1.54) is 0 Å². The number of benzene rings is 2. The van der Waals surface area contributed by atoms with Crippen molar-refractivity contribution in [3.63, 3.8) is 0 Å². The van der Waals surface area contributed by atoms with Crippen LogP contribution in [0.15, 0.2) is 65.7 Å². The van der Waals surface area contributed by atoms with Crippen molar-refractivity contribution in [3.8, 4) is 5.75 Å². The van der Waals surface area contributed by atoms with E-state index in [-0.39, 0.29) is 12.0 Å². The fourth-order valence-corrected chi connectivity index (χ4v) is 3.39. The largest absolute Gasteiger partial charge is 0.490 e. The second-order valence-corrected chi connectivity index (χ2v) is 7.07. The zero-order valence-electron chi connectivity index (χ0n) is 17.0. The van der Waals surface area contributed by atoms with Crippen LogP contribution in [0.3, 0.4) is 0 Å². The van der Waals surface area contributed by atoms with E-state index < -0.39 is 0 Å². The number of nitrogens with one attached hydrogen (secondary N) is 2. The number of hydrogen-bond acceptors (Lipinski definition) is 3. The number of piperidine rings is 1. The third kappa shape index (κ3) is 6.52. The Hall–Kier alpha value is -3.02. The lowest BCUT2D eigenvalue weighted by Gasteiger charge is -2.34. The first kappa shape index (κ1) is 20.7. The van der Waals surface area contributed by atoms with Crippen molar-refractivity contribution in [2.75, 3.05) is 33.2 Å². The molecule has 1 amide bonds. The molecule has 1 aliphatic heterocycles. The third-order valence-corrected chi connectivity index (χ3v) is 4.96. The van der Waals surface area contributed by atoms with Crippen LogP contribution in [0.1, 0.15) is 29.6 Å². The molecule has 29 heavy (non-hydrogen) atoms. The SMILES string of the molecule is CN=C(NCCCNC(=O)c1ccccc1)N1CCC(Oc2ccccc2)CC1. The number of rotatable bonds is 7. The summed E-state index contributed by atoms with van der Waals surface area (Å²) in [7, 11) is 1.81. The number of hydrogen-bond donors (Lipinski definition) is 2. The van der Waals surface area contributed by atoms with Crippen molar-refractivity contribution < 1.29 is 9.53 Å². The highest BCUT2D eigenvalue weighted by Crippen LogP contribution is 2.18. The summed E-state index contributed by atoms with van der Waals surface area (Å²) in [6, 6.07) is 19.3. The van der Waals surface area contributed by atoms with Crippen molar-refractivity contribution in [2.24, 2.45) is 4.99 Å². The first-order valence-corrected chi connectivity index (χ1v) is 10.3. The van der Waals surface area contributed by atoms with Gasteiger partial charge in [0.1, 0.15) is 11.9 Å². The Morgan fingerprint density at radius 2 is 1.62 bits per heavy atom. The quantitative estimate of drug-likeness (QED) is 0.431. The first-order valence-electron chi connectivity index (χ1n) is 10.3. The number of para-hydroxylation sites is 1. The fraction of sp³-hybridized carbons (Fsp3) is 0.391. The van der Waals surface area contributed by atoms with Gasteiger partial charge in [0.2, 0.25) is 0 Å². The monoisotopic (exact) mass is 394 g/mol. The summed E-state index contributed by atoms with van der Waals surface area (Å²) in [5.74, 6) is 1.82. The lowest BCUT2D eigenvalue weighted by molar-refractivity contribution is 0.0953. The van der Waals surface area contributed by atoms with Gasteiger partial charge in [-0.05, 0) is 30.7 Å². The number of aliphatic imine (C=N–C) groups is 1. The Bertz CT molecular complexity index is 772. The number of carbonyl (C=O) groups is 1. The Kier molecular flexibility index (Phi) is 7.92. The summed E-state index contributed by atoms with van der Waals surface area (Å²) in [5.41, 5.74) is 0.692. The molecule has 0 spiro atoms. The molecule has 2 aromatic rings. The minimum atomic E-state index is -0.0320. The number of amides is 1. The number of ether oxygens (including phenoxy) is 1. The van der Waals surface area contributed by atoms with Gasteiger partial charge in [0.15, 0.2) is 5.96 Å². The highest BCUT2D eigenvalue weighted by Gasteiger charge is 2.22. The van der Waals surface area contributed by atoms with Crippen LogP contribution in [0.5, 0.6) is 5.75 Å². The average Bonchev–Trinajstić information content (AvgIpc) is 2.78. The van der Waals surface area contributed by atoms with Crippen LogP contribution < -0.4 is 15.4 Å². The van der Waals surface area contributed by atoms with Gasteiger partial charge in [-0.2, -0.15) is 0 Å². The smallest absolute Gasteiger partial charge is 0.251 e. The molecule has 0 aromatic heterocycles. The van der Waals surface area contributed by atoms with E-state index in [9.17, 15) is 4.79 Å². The Morgan fingerprint density at radius 1 is 1.00 bits per heavy atom. The standard InChI is InChI=1S/C23H30N4O2/c1-24-23(26-16-8-15-25-22(28)19-9-4-2-5-10-19)27-17-13-21(14-18-27)29-20-11-6-3-7-12-20/h2-7,9-12,21H,8,13-18H2,1H3,(H,24,26)(H,25,28). The summed E-state index contributed by atoms with van der Waals surface area (Å²) < 4.78 is 6.06. The summed E-state index contributed by atoms with van der Waals surface area (Å²) >= 11 is 0. The second-order valence-electron chi connectivity index (χ2n) is 7.07. The molecule has 0 atom stereocenters. The summed E-state index contributed by atoms with van der Waals surface area (Å²) in [6.07, 6.45) is 3.04. The molecule has 2 aromatic carbocycles. The number of guanidine groups is 1. The zero-order valence-corrected chi connectivity index (χ0v) is 17.0. The van der Waals surface area contributed by atoms with Crippen LogP contribution in [0.25, 0.3) is 0 Å². The second kappa shape index (κ2) is 11.1. The molecule has 1 saturated heterocycles.